The second-order valence-electron chi connectivity index (χ2n) is 6.05. The van der Waals surface area contributed by atoms with Crippen LogP contribution in [0.4, 0.5) is 4.39 Å². The van der Waals surface area contributed by atoms with Crippen LogP contribution in [0.3, 0.4) is 0 Å². The molecule has 1 aromatic heterocycles. The van der Waals surface area contributed by atoms with Crippen LogP contribution in [0, 0.1) is 11.7 Å². The van der Waals surface area contributed by atoms with Crippen LogP contribution in [0.1, 0.15) is 35.9 Å². The molecule has 1 unspecified atom stereocenters. The Kier molecular flexibility index (Phi) is 4.12. The standard InChI is InChI=1S/C16H18ClFN4O/c1-8(2)12-6-20-7-13-14(16(19)23)15(21-22(12)13)9-3-4-11(18)10(17)5-9/h3-5,8,12,20H,6-7H2,1-2H3,(H2,19,23). The number of nitrogens with zero attached hydrogens (tertiary/aromatic N) is 2. The highest BCUT2D eigenvalue weighted by molar-refractivity contribution is 6.31. The van der Waals surface area contributed by atoms with E-state index in [1.165, 1.54) is 12.1 Å². The molecule has 5 nitrogen and oxygen atoms in total. The molecule has 0 saturated carbocycles. The predicted molar refractivity (Wildman–Crippen MR) is 86.7 cm³/mol. The minimum Gasteiger partial charge on any atom is -0.365 e. The molecule has 2 aromatic rings. The Morgan fingerprint density at radius 1 is 1.52 bits per heavy atom. The first kappa shape index (κ1) is 16.0. The molecular weight excluding hydrogens is 319 g/mol. The Bertz CT molecular complexity index is 772. The van der Waals surface area contributed by atoms with Crippen molar-refractivity contribution in [1.29, 1.82) is 0 Å². The van der Waals surface area contributed by atoms with Crippen LogP contribution in [0.25, 0.3) is 11.3 Å². The van der Waals surface area contributed by atoms with Gasteiger partial charge in [-0.05, 0) is 24.1 Å². The maximum absolute atomic E-state index is 13.4. The van der Waals surface area contributed by atoms with Gasteiger partial charge in [0.05, 0.1) is 22.3 Å². The fourth-order valence-electron chi connectivity index (χ4n) is 2.96. The molecule has 2 heterocycles. The van der Waals surface area contributed by atoms with Gasteiger partial charge in [0.1, 0.15) is 11.5 Å². The minimum atomic E-state index is -0.548. The molecule has 1 atom stereocenters. The number of primary amides is 1. The van der Waals surface area contributed by atoms with Gasteiger partial charge in [-0.3, -0.25) is 9.48 Å². The number of rotatable bonds is 3. The molecule has 0 radical (unpaired) electrons. The van der Waals surface area contributed by atoms with Gasteiger partial charge in [0.25, 0.3) is 5.91 Å². The van der Waals surface area contributed by atoms with Gasteiger partial charge in [0.15, 0.2) is 0 Å². The summed E-state index contributed by atoms with van der Waals surface area (Å²) in [6.45, 7) is 5.49. The van der Waals surface area contributed by atoms with Gasteiger partial charge in [-0.25, -0.2) is 4.39 Å². The van der Waals surface area contributed by atoms with Gasteiger partial charge >= 0.3 is 0 Å². The van der Waals surface area contributed by atoms with Gasteiger partial charge in [0.2, 0.25) is 0 Å². The van der Waals surface area contributed by atoms with E-state index in [0.29, 0.717) is 29.3 Å². The summed E-state index contributed by atoms with van der Waals surface area (Å²) >= 11 is 5.86. The Balaban J connectivity index is 2.21. The highest BCUT2D eigenvalue weighted by atomic mass is 35.5. The highest BCUT2D eigenvalue weighted by Crippen LogP contribution is 2.32. The van der Waals surface area contributed by atoms with Crippen molar-refractivity contribution in [2.24, 2.45) is 11.7 Å². The summed E-state index contributed by atoms with van der Waals surface area (Å²) in [5.74, 6) is -0.721. The number of hydrogen-bond acceptors (Lipinski definition) is 3. The number of nitrogens with one attached hydrogen (secondary N) is 1. The normalized spacial score (nSPS) is 17.3. The second kappa shape index (κ2) is 5.94. The number of halogens is 2. The molecule has 0 aliphatic carbocycles. The van der Waals surface area contributed by atoms with Crippen LogP contribution in [0.2, 0.25) is 5.02 Å². The molecule has 1 aromatic carbocycles. The fraction of sp³-hybridized carbons (Fsp3) is 0.375. The van der Waals surface area contributed by atoms with Crippen molar-refractivity contribution in [2.75, 3.05) is 6.54 Å². The number of hydrogen-bond donors (Lipinski definition) is 2. The number of fused-ring (bicyclic) bond motifs is 1. The van der Waals surface area contributed by atoms with E-state index in [4.69, 9.17) is 17.3 Å². The summed E-state index contributed by atoms with van der Waals surface area (Å²) < 4.78 is 15.3. The molecule has 1 aliphatic heterocycles. The van der Waals surface area contributed by atoms with Gasteiger partial charge in [-0.2, -0.15) is 5.10 Å². The van der Waals surface area contributed by atoms with Crippen LogP contribution < -0.4 is 11.1 Å². The number of aromatic nitrogens is 2. The van der Waals surface area contributed by atoms with Crippen LogP contribution in [-0.4, -0.2) is 22.2 Å². The van der Waals surface area contributed by atoms with E-state index in [2.05, 4.69) is 24.3 Å². The Hall–Kier alpha value is -1.92. The lowest BCUT2D eigenvalue weighted by atomic mass is 10.0. The topological polar surface area (TPSA) is 72.9 Å². The van der Waals surface area contributed by atoms with Crippen LogP contribution in [0.15, 0.2) is 18.2 Å². The zero-order valence-electron chi connectivity index (χ0n) is 12.9. The van der Waals surface area contributed by atoms with Crippen molar-refractivity contribution in [3.8, 4) is 11.3 Å². The molecule has 0 saturated heterocycles. The predicted octanol–water partition coefficient (Wildman–Crippen LogP) is 2.74. The van der Waals surface area contributed by atoms with Gasteiger partial charge < -0.3 is 11.1 Å². The summed E-state index contributed by atoms with van der Waals surface area (Å²) in [5, 5.41) is 7.90. The van der Waals surface area contributed by atoms with Gasteiger partial charge in [-0.1, -0.05) is 25.4 Å². The Labute approximate surface area is 138 Å². The number of nitrogens with two attached hydrogens (primary N) is 1. The minimum absolute atomic E-state index is 0.0116. The van der Waals surface area contributed by atoms with Crippen molar-refractivity contribution in [1.82, 2.24) is 15.1 Å². The molecule has 3 N–H and O–H groups in total. The first-order valence-corrected chi connectivity index (χ1v) is 7.85. The average Bonchev–Trinajstić information content (AvgIpc) is 2.89. The molecule has 122 valence electrons. The Morgan fingerprint density at radius 2 is 2.26 bits per heavy atom. The zero-order chi connectivity index (χ0) is 16.7. The van der Waals surface area contributed by atoms with E-state index in [-0.39, 0.29) is 11.1 Å². The quantitative estimate of drug-likeness (QED) is 0.905. The summed E-state index contributed by atoms with van der Waals surface area (Å²) in [4.78, 5) is 12.0. The highest BCUT2D eigenvalue weighted by Gasteiger charge is 2.30. The molecule has 3 rings (SSSR count). The van der Waals surface area contributed by atoms with E-state index in [1.54, 1.807) is 6.07 Å². The zero-order valence-corrected chi connectivity index (χ0v) is 13.7. The van der Waals surface area contributed by atoms with Crippen LogP contribution >= 0.6 is 11.6 Å². The lowest BCUT2D eigenvalue weighted by Crippen LogP contribution is -2.37. The van der Waals surface area contributed by atoms with E-state index >= 15 is 0 Å². The number of carbonyl (C=O) groups is 1. The molecule has 0 fully saturated rings. The fourth-order valence-corrected chi connectivity index (χ4v) is 3.14. The third kappa shape index (κ3) is 2.72. The maximum atomic E-state index is 13.4. The number of carbonyl (C=O) groups excluding carboxylic acids is 1. The summed E-state index contributed by atoms with van der Waals surface area (Å²) in [6, 6.07) is 4.41. The number of amides is 1. The summed E-state index contributed by atoms with van der Waals surface area (Å²) in [7, 11) is 0. The monoisotopic (exact) mass is 336 g/mol. The van der Waals surface area contributed by atoms with E-state index in [0.717, 1.165) is 12.2 Å². The van der Waals surface area contributed by atoms with Crippen molar-refractivity contribution in [2.45, 2.75) is 26.4 Å². The van der Waals surface area contributed by atoms with Crippen molar-refractivity contribution < 1.29 is 9.18 Å². The first-order chi connectivity index (χ1) is 10.9. The van der Waals surface area contributed by atoms with Crippen LogP contribution in [-0.2, 0) is 6.54 Å². The van der Waals surface area contributed by atoms with E-state index < -0.39 is 11.7 Å². The molecule has 0 bridgehead atoms. The molecule has 1 aliphatic rings. The van der Waals surface area contributed by atoms with Gasteiger partial charge in [-0.15, -0.1) is 0 Å². The largest absolute Gasteiger partial charge is 0.365 e. The average molecular weight is 337 g/mol. The third-order valence-corrected chi connectivity index (χ3v) is 4.47. The van der Waals surface area contributed by atoms with Gasteiger partial charge in [0, 0.05) is 18.7 Å². The summed E-state index contributed by atoms with van der Waals surface area (Å²) in [5.41, 5.74) is 7.74. The lowest BCUT2D eigenvalue weighted by molar-refractivity contribution is 0.0999. The smallest absolute Gasteiger partial charge is 0.252 e. The van der Waals surface area contributed by atoms with Crippen molar-refractivity contribution in [3.05, 3.63) is 40.3 Å². The third-order valence-electron chi connectivity index (χ3n) is 4.18. The molecule has 23 heavy (non-hydrogen) atoms. The van der Waals surface area contributed by atoms with E-state index in [1.807, 2.05) is 4.68 Å². The van der Waals surface area contributed by atoms with Crippen molar-refractivity contribution in [3.63, 3.8) is 0 Å². The molecule has 1 amide bonds. The summed E-state index contributed by atoms with van der Waals surface area (Å²) in [6.07, 6.45) is 0. The SMILES string of the molecule is CC(C)C1CNCc2c(C(N)=O)c(-c3ccc(F)c(Cl)c3)nn21. The first-order valence-electron chi connectivity index (χ1n) is 7.47. The van der Waals surface area contributed by atoms with Crippen LogP contribution in [0.5, 0.6) is 0 Å². The Morgan fingerprint density at radius 3 is 2.87 bits per heavy atom. The molecule has 7 heteroatoms. The second-order valence-corrected chi connectivity index (χ2v) is 6.46. The number of benzene rings is 1. The van der Waals surface area contributed by atoms with E-state index in [9.17, 15) is 9.18 Å². The molecular formula is C16H18ClFN4O. The molecule has 0 spiro atoms. The maximum Gasteiger partial charge on any atom is 0.252 e. The lowest BCUT2D eigenvalue weighted by Gasteiger charge is -2.28. The van der Waals surface area contributed by atoms with Crippen molar-refractivity contribution >= 4 is 17.5 Å².